The maximum Gasteiger partial charge on any atom is 0.174 e. The Morgan fingerprint density at radius 3 is 2.50 bits per heavy atom. The van der Waals surface area contributed by atoms with Gasteiger partial charge in [0.25, 0.3) is 0 Å². The summed E-state index contributed by atoms with van der Waals surface area (Å²) >= 11 is 3.51. The van der Waals surface area contributed by atoms with Crippen molar-refractivity contribution in [2.75, 3.05) is 27.3 Å². The molecule has 1 aromatic rings. The first-order valence-electron chi connectivity index (χ1n) is 6.67. The van der Waals surface area contributed by atoms with E-state index in [4.69, 9.17) is 9.47 Å². The van der Waals surface area contributed by atoms with Gasteiger partial charge in [-0.1, -0.05) is 0 Å². The van der Waals surface area contributed by atoms with Gasteiger partial charge >= 0.3 is 0 Å². The molecule has 0 saturated heterocycles. The highest BCUT2D eigenvalue weighted by Crippen LogP contribution is 2.36. The van der Waals surface area contributed by atoms with Crippen LogP contribution in [0.25, 0.3) is 0 Å². The van der Waals surface area contributed by atoms with E-state index >= 15 is 0 Å². The van der Waals surface area contributed by atoms with Crippen molar-refractivity contribution in [2.24, 2.45) is 0 Å². The Balaban J connectivity index is 2.91. The number of likely N-dealkylation sites (N-methyl/N-ethyl adjacent to an activating group) is 1. The summed E-state index contributed by atoms with van der Waals surface area (Å²) in [6.07, 6.45) is 0. The van der Waals surface area contributed by atoms with Crippen LogP contribution in [0.4, 0.5) is 0 Å². The van der Waals surface area contributed by atoms with Crippen molar-refractivity contribution in [3.8, 4) is 11.5 Å². The van der Waals surface area contributed by atoms with E-state index in [1.54, 1.807) is 21.0 Å². The Morgan fingerprint density at radius 2 is 2.00 bits per heavy atom. The predicted molar refractivity (Wildman–Crippen MR) is 84.5 cm³/mol. The summed E-state index contributed by atoms with van der Waals surface area (Å²) < 4.78 is 11.8. The van der Waals surface area contributed by atoms with Gasteiger partial charge < -0.3 is 14.6 Å². The van der Waals surface area contributed by atoms with Crippen LogP contribution in [-0.4, -0.2) is 42.9 Å². The second-order valence-electron chi connectivity index (χ2n) is 5.53. The predicted octanol–water partition coefficient (Wildman–Crippen LogP) is 3.06. The highest BCUT2D eigenvalue weighted by molar-refractivity contribution is 9.10. The third-order valence-electron chi connectivity index (χ3n) is 2.68. The van der Waals surface area contributed by atoms with Crippen LogP contribution in [0.1, 0.15) is 26.3 Å². The first-order chi connectivity index (χ1) is 9.26. The van der Waals surface area contributed by atoms with Crippen LogP contribution in [0.2, 0.25) is 0 Å². The monoisotopic (exact) mass is 345 g/mol. The maximum absolute atomic E-state index is 9.85. The van der Waals surface area contributed by atoms with Crippen molar-refractivity contribution in [2.45, 2.75) is 32.9 Å². The Bertz CT molecular complexity index is 443. The lowest BCUT2D eigenvalue weighted by atomic mass is 10.1. The summed E-state index contributed by atoms with van der Waals surface area (Å²) in [6, 6.07) is 4.00. The van der Waals surface area contributed by atoms with Gasteiger partial charge in [-0.3, -0.25) is 4.90 Å². The molecule has 0 atom stereocenters. The molecule has 0 spiro atoms. The van der Waals surface area contributed by atoms with E-state index in [0.717, 1.165) is 22.3 Å². The molecular weight excluding hydrogens is 322 g/mol. The zero-order valence-electron chi connectivity index (χ0n) is 12.9. The van der Waals surface area contributed by atoms with Gasteiger partial charge in [0.15, 0.2) is 11.5 Å². The molecule has 0 aromatic heterocycles. The summed E-state index contributed by atoms with van der Waals surface area (Å²) in [6.45, 7) is 7.47. The van der Waals surface area contributed by atoms with Crippen molar-refractivity contribution in [1.82, 2.24) is 4.90 Å². The molecule has 5 heteroatoms. The van der Waals surface area contributed by atoms with Crippen molar-refractivity contribution < 1.29 is 14.6 Å². The van der Waals surface area contributed by atoms with Gasteiger partial charge in [-0.2, -0.15) is 0 Å². The summed E-state index contributed by atoms with van der Waals surface area (Å²) in [5, 5.41) is 9.85. The number of ether oxygens (including phenoxy) is 2. The lowest BCUT2D eigenvalue weighted by Crippen LogP contribution is -2.35. The molecular formula is C15H24BrNO3. The van der Waals surface area contributed by atoms with Crippen molar-refractivity contribution in [3.05, 3.63) is 22.2 Å². The first kappa shape index (κ1) is 17.3. The summed E-state index contributed by atoms with van der Waals surface area (Å²) in [7, 11) is 3.61. The van der Waals surface area contributed by atoms with E-state index in [2.05, 4.69) is 20.8 Å². The number of rotatable bonds is 7. The fraction of sp³-hybridized carbons (Fsp3) is 0.600. The fourth-order valence-electron chi connectivity index (χ4n) is 2.20. The molecule has 1 rings (SSSR count). The topological polar surface area (TPSA) is 41.9 Å². The lowest BCUT2D eigenvalue weighted by molar-refractivity contribution is 0.0424. The summed E-state index contributed by atoms with van der Waals surface area (Å²) in [5.74, 6) is 1.44. The number of hydrogen-bond acceptors (Lipinski definition) is 4. The van der Waals surface area contributed by atoms with Crippen molar-refractivity contribution in [1.29, 1.82) is 0 Å². The normalized spacial score (nSPS) is 11.8. The van der Waals surface area contributed by atoms with Crippen molar-refractivity contribution >= 4 is 15.9 Å². The van der Waals surface area contributed by atoms with Crippen LogP contribution in [0, 0.1) is 0 Å². The highest BCUT2D eigenvalue weighted by atomic mass is 79.9. The molecule has 0 saturated carbocycles. The summed E-state index contributed by atoms with van der Waals surface area (Å²) in [5.41, 5.74) is 0.397. The molecule has 0 bridgehead atoms. The van der Waals surface area contributed by atoms with Gasteiger partial charge in [0.2, 0.25) is 0 Å². The van der Waals surface area contributed by atoms with Gasteiger partial charge in [-0.15, -0.1) is 0 Å². The number of halogens is 1. The Hall–Kier alpha value is -0.780. The molecule has 1 N–H and O–H groups in total. The minimum absolute atomic E-state index is 0.589. The zero-order chi connectivity index (χ0) is 15.3. The molecule has 0 aliphatic rings. The molecule has 0 heterocycles. The molecule has 1 aromatic carbocycles. The second kappa shape index (κ2) is 7.29. The zero-order valence-corrected chi connectivity index (χ0v) is 14.5. The quantitative estimate of drug-likeness (QED) is 0.824. The van der Waals surface area contributed by atoms with E-state index in [0.29, 0.717) is 18.9 Å². The third-order valence-corrected chi connectivity index (χ3v) is 3.27. The fourth-order valence-corrected chi connectivity index (χ4v) is 2.85. The van der Waals surface area contributed by atoms with Gasteiger partial charge in [0.05, 0.1) is 23.8 Å². The molecule has 114 valence electrons. The first-order valence-corrected chi connectivity index (χ1v) is 7.46. The molecule has 0 amide bonds. The van der Waals surface area contributed by atoms with Crippen LogP contribution < -0.4 is 9.47 Å². The maximum atomic E-state index is 9.85. The van der Waals surface area contributed by atoms with Gasteiger partial charge in [-0.05, 0) is 61.4 Å². The van der Waals surface area contributed by atoms with E-state index in [9.17, 15) is 5.11 Å². The van der Waals surface area contributed by atoms with E-state index < -0.39 is 5.60 Å². The van der Waals surface area contributed by atoms with Gasteiger partial charge in [0, 0.05) is 13.1 Å². The number of hydrogen-bond donors (Lipinski definition) is 1. The number of aliphatic hydroxyl groups is 1. The van der Waals surface area contributed by atoms with Gasteiger partial charge in [0.1, 0.15) is 0 Å². The van der Waals surface area contributed by atoms with Crippen LogP contribution in [0.5, 0.6) is 11.5 Å². The van der Waals surface area contributed by atoms with Crippen molar-refractivity contribution in [3.63, 3.8) is 0 Å². The molecule has 0 aliphatic heterocycles. The third kappa shape index (κ3) is 5.31. The average molecular weight is 346 g/mol. The molecule has 0 unspecified atom stereocenters. The molecule has 4 nitrogen and oxygen atoms in total. The lowest BCUT2D eigenvalue weighted by Gasteiger charge is -2.25. The number of benzene rings is 1. The average Bonchev–Trinajstić information content (AvgIpc) is 2.26. The van der Waals surface area contributed by atoms with Crippen LogP contribution >= 0.6 is 15.9 Å². The van der Waals surface area contributed by atoms with Crippen LogP contribution in [0.15, 0.2) is 16.6 Å². The molecule has 0 fully saturated rings. The van der Waals surface area contributed by atoms with Crippen LogP contribution in [0.3, 0.4) is 0 Å². The smallest absolute Gasteiger partial charge is 0.174 e. The minimum Gasteiger partial charge on any atom is -0.492 e. The van der Waals surface area contributed by atoms with E-state index in [-0.39, 0.29) is 0 Å². The number of nitrogens with zero attached hydrogens (tertiary/aromatic N) is 1. The van der Waals surface area contributed by atoms with Crippen LogP contribution in [-0.2, 0) is 6.54 Å². The standard InChI is InChI=1S/C15H24BrNO3/c1-6-20-13-8-11(7-12(16)14(13)19-5)9-17(4)10-15(2,3)18/h7-8,18H,6,9-10H2,1-5H3. The summed E-state index contributed by atoms with van der Waals surface area (Å²) in [4.78, 5) is 2.07. The Labute approximate surface area is 129 Å². The van der Waals surface area contributed by atoms with Gasteiger partial charge in [-0.25, -0.2) is 0 Å². The number of methoxy groups -OCH3 is 1. The van der Waals surface area contributed by atoms with E-state index in [1.807, 2.05) is 26.1 Å². The molecule has 0 radical (unpaired) electrons. The van der Waals surface area contributed by atoms with E-state index in [1.165, 1.54) is 0 Å². The largest absolute Gasteiger partial charge is 0.492 e. The Morgan fingerprint density at radius 1 is 1.35 bits per heavy atom. The molecule has 0 aliphatic carbocycles. The highest BCUT2D eigenvalue weighted by Gasteiger charge is 2.17. The molecule has 20 heavy (non-hydrogen) atoms. The minimum atomic E-state index is -0.707. The second-order valence-corrected chi connectivity index (χ2v) is 6.38. The SMILES string of the molecule is CCOc1cc(CN(C)CC(C)(C)O)cc(Br)c1OC. The Kier molecular flexibility index (Phi) is 6.30.